The van der Waals surface area contributed by atoms with Gasteiger partial charge in [0.15, 0.2) is 57.3 Å². The van der Waals surface area contributed by atoms with Gasteiger partial charge >= 0.3 is 24.7 Å². The van der Waals surface area contributed by atoms with Crippen LogP contribution in [-0.2, 0) is 24.7 Å². The van der Waals surface area contributed by atoms with Gasteiger partial charge in [-0.3, -0.25) is 9.80 Å². The van der Waals surface area contributed by atoms with E-state index in [0.29, 0.717) is 24.3 Å². The first-order valence-electron chi connectivity index (χ1n) is 17.8. The smallest absolute Gasteiger partial charge is 0.337 e. The van der Waals surface area contributed by atoms with Crippen molar-refractivity contribution in [2.24, 2.45) is 4.99 Å². The first-order valence-corrected chi connectivity index (χ1v) is 17.8. The summed E-state index contributed by atoms with van der Waals surface area (Å²) in [7, 11) is 0. The van der Waals surface area contributed by atoms with E-state index in [0.717, 1.165) is 76.5 Å². The van der Waals surface area contributed by atoms with Gasteiger partial charge in [0.05, 0.1) is 27.9 Å². The quantitative estimate of drug-likeness (QED) is 0.159. The molecule has 322 valence electrons. The van der Waals surface area contributed by atoms with Crippen molar-refractivity contribution in [1.29, 1.82) is 10.5 Å². The second-order valence-electron chi connectivity index (χ2n) is 13.4. The summed E-state index contributed by atoms with van der Waals surface area (Å²) in [5, 5.41) is 22.5. The van der Waals surface area contributed by atoms with E-state index in [1.165, 1.54) is 6.07 Å². The molecule has 7 aromatic rings. The Balaban J connectivity index is 1.46. The summed E-state index contributed by atoms with van der Waals surface area (Å²) in [4.78, 5) is 30.6. The number of aromatic nitrogens is 6. The van der Waals surface area contributed by atoms with E-state index in [1.54, 1.807) is 12.1 Å². The highest BCUT2D eigenvalue weighted by Gasteiger charge is 2.40. The number of hydrogen-bond acceptors (Lipinski definition) is 11. The molecule has 0 spiro atoms. The molecule has 4 aromatic carbocycles. The second kappa shape index (κ2) is 15.3. The highest BCUT2D eigenvalue weighted by molar-refractivity contribution is 5.98. The van der Waals surface area contributed by atoms with Crippen LogP contribution < -0.4 is 20.6 Å². The average molecular weight is 895 g/mol. The molecule has 8 rings (SSSR count). The van der Waals surface area contributed by atoms with Gasteiger partial charge in [-0.25, -0.2) is 29.9 Å². The fourth-order valence-corrected chi connectivity index (χ4v) is 6.37. The lowest BCUT2D eigenvalue weighted by Crippen LogP contribution is -2.29. The molecule has 0 saturated carbocycles. The summed E-state index contributed by atoms with van der Waals surface area (Å²) in [5.41, 5.74) is -8.73. The zero-order chi connectivity index (χ0) is 45.9. The summed E-state index contributed by atoms with van der Waals surface area (Å²) in [6.45, 7) is 0. The minimum atomic E-state index is -4.94. The Bertz CT molecular complexity index is 3160. The third kappa shape index (κ3) is 8.11. The van der Waals surface area contributed by atoms with Gasteiger partial charge in [-0.2, -0.15) is 63.2 Å². The molecule has 24 heteroatoms. The largest absolute Gasteiger partial charge is 0.416 e. The molecule has 1 aliphatic rings. The topological polar surface area (TPSA) is 159 Å². The van der Waals surface area contributed by atoms with E-state index in [4.69, 9.17) is 0 Å². The van der Waals surface area contributed by atoms with Crippen LogP contribution in [0.15, 0.2) is 102 Å². The minimum Gasteiger partial charge on any atom is -0.337 e. The Labute approximate surface area is 349 Å². The molecule has 0 atom stereocenters. The van der Waals surface area contributed by atoms with Crippen LogP contribution in [0.2, 0.25) is 0 Å². The number of nitrogens with zero attached hydrogens (tertiary/aromatic N) is 10. The van der Waals surface area contributed by atoms with Crippen LogP contribution in [0.5, 0.6) is 0 Å². The normalized spacial score (nSPS) is 13.3. The number of alkyl halides is 12. The summed E-state index contributed by atoms with van der Waals surface area (Å²) in [6, 6.07) is 17.6. The third-order valence-electron chi connectivity index (χ3n) is 9.17. The number of H-pyrrole nitrogens is 1. The molecule has 4 heterocycles. The number of halogens is 12. The van der Waals surface area contributed by atoms with E-state index >= 15 is 0 Å². The van der Waals surface area contributed by atoms with Gasteiger partial charge in [0.25, 0.3) is 0 Å². The molecule has 0 bridgehead atoms. The van der Waals surface area contributed by atoms with Gasteiger partial charge in [0.1, 0.15) is 12.1 Å². The first kappa shape index (κ1) is 42.4. The average Bonchev–Trinajstić information content (AvgIpc) is 3.23. The van der Waals surface area contributed by atoms with Crippen molar-refractivity contribution in [3.05, 3.63) is 136 Å². The number of fused-ring (bicyclic) bond motifs is 3. The number of aromatic amines is 1. The summed E-state index contributed by atoms with van der Waals surface area (Å²) in [5.74, 6) is -2.57. The molecule has 0 radical (unpaired) electrons. The summed E-state index contributed by atoms with van der Waals surface area (Å²) >= 11 is 0. The lowest BCUT2D eigenvalue weighted by Gasteiger charge is -2.36. The molecule has 0 fully saturated rings. The minimum absolute atomic E-state index is 0.260. The zero-order valence-electron chi connectivity index (χ0n) is 31.2. The van der Waals surface area contributed by atoms with Crippen LogP contribution in [0.4, 0.5) is 105 Å². The lowest BCUT2D eigenvalue weighted by molar-refractivity contribution is -0.138. The Morgan fingerprint density at radius 2 is 0.953 bits per heavy atom. The summed E-state index contributed by atoms with van der Waals surface area (Å²) < 4.78 is 167. The van der Waals surface area contributed by atoms with Gasteiger partial charge in [-0.1, -0.05) is 24.3 Å². The zero-order valence-corrected chi connectivity index (χ0v) is 31.2. The number of nitrogens with one attached hydrogen (secondary N) is 2. The van der Waals surface area contributed by atoms with E-state index in [2.05, 4.69) is 40.2 Å². The molecule has 3 aromatic heterocycles. The predicted octanol–water partition coefficient (Wildman–Crippen LogP) is 11.2. The Kier molecular flexibility index (Phi) is 10.1. The monoisotopic (exact) mass is 894 g/mol. The van der Waals surface area contributed by atoms with Gasteiger partial charge < -0.3 is 10.3 Å². The maximum atomic E-state index is 14.2. The van der Waals surface area contributed by atoms with Gasteiger partial charge in [-0.05, 0) is 72.8 Å². The van der Waals surface area contributed by atoms with Crippen molar-refractivity contribution < 1.29 is 52.7 Å². The van der Waals surface area contributed by atoms with Crippen molar-refractivity contribution >= 4 is 63.1 Å². The predicted molar refractivity (Wildman–Crippen MR) is 201 cm³/mol. The highest BCUT2D eigenvalue weighted by atomic mass is 19.4. The van der Waals surface area contributed by atoms with Crippen LogP contribution in [0.3, 0.4) is 0 Å². The molecular formula is C40H18F12N12. The fourth-order valence-electron chi connectivity index (χ4n) is 6.37. The Morgan fingerprint density at radius 3 is 1.45 bits per heavy atom. The van der Waals surface area contributed by atoms with Crippen LogP contribution in [-0.4, -0.2) is 29.9 Å². The standard InChI is InChI=1S/C40H18F12N12/c41-37(42,43)19-5-1-9-23(13-19)55-29-30(56-24-10-2-6-20(14-24)38(44,45)46)60-32-31(59-29)61-35-36(62-32)64(26-12-4-8-22(16-26)40(50,51)52)34-33(57-27(17-53)28(18-54)58-34)63(35)25-11-3-7-21(15-25)39(47,48)49/h1-16H,(H,55,59,61)(H,56,60,62). The lowest BCUT2D eigenvalue weighted by atomic mass is 10.1. The SMILES string of the molecule is N#Cc1nc2c(nc1C#N)N(c1cccc(C(F)(F)F)c1)c1nc3[nH]c(=Nc4cccc(C(F)(F)F)c4)c(Nc4cccc(C(F)(F)F)c4)nc3nc1N2c1cccc(C(F)(F)F)c1. The van der Waals surface area contributed by atoms with Crippen LogP contribution in [0, 0.1) is 22.7 Å². The number of hydrogen-bond donors (Lipinski definition) is 2. The maximum Gasteiger partial charge on any atom is 0.416 e. The summed E-state index contributed by atoms with van der Waals surface area (Å²) in [6.07, 6.45) is -19.5. The van der Waals surface area contributed by atoms with Crippen molar-refractivity contribution in [3.63, 3.8) is 0 Å². The van der Waals surface area contributed by atoms with Crippen molar-refractivity contribution in [3.8, 4) is 12.1 Å². The van der Waals surface area contributed by atoms with Crippen molar-refractivity contribution in [2.75, 3.05) is 15.1 Å². The van der Waals surface area contributed by atoms with Gasteiger partial charge in [0.2, 0.25) is 0 Å². The maximum absolute atomic E-state index is 14.2. The Hall–Kier alpha value is -8.28. The van der Waals surface area contributed by atoms with Crippen molar-refractivity contribution in [2.45, 2.75) is 24.7 Å². The van der Waals surface area contributed by atoms with E-state index in [9.17, 15) is 63.2 Å². The molecule has 0 saturated heterocycles. The number of anilines is 8. The van der Waals surface area contributed by atoms with E-state index in [-0.39, 0.29) is 22.7 Å². The molecule has 1 aliphatic heterocycles. The molecule has 2 N–H and O–H groups in total. The fraction of sp³-hybridized carbons (Fsp3) is 0.100. The number of rotatable bonds is 5. The molecule has 64 heavy (non-hydrogen) atoms. The molecule has 12 nitrogen and oxygen atoms in total. The first-order chi connectivity index (χ1) is 30.1. The molecule has 0 aliphatic carbocycles. The van der Waals surface area contributed by atoms with E-state index < -0.39 is 104 Å². The van der Waals surface area contributed by atoms with Crippen LogP contribution in [0.25, 0.3) is 11.3 Å². The van der Waals surface area contributed by atoms with E-state index in [1.807, 2.05) is 0 Å². The molecular weight excluding hydrogens is 876 g/mol. The third-order valence-corrected chi connectivity index (χ3v) is 9.17. The van der Waals surface area contributed by atoms with Crippen LogP contribution in [0.1, 0.15) is 33.6 Å². The van der Waals surface area contributed by atoms with Crippen LogP contribution >= 0.6 is 0 Å². The van der Waals surface area contributed by atoms with Gasteiger partial charge in [0, 0.05) is 17.1 Å². The van der Waals surface area contributed by atoms with Crippen molar-refractivity contribution in [1.82, 2.24) is 29.9 Å². The number of nitriles is 2. The highest BCUT2D eigenvalue weighted by Crippen LogP contribution is 2.52. The van der Waals surface area contributed by atoms with Gasteiger partial charge in [-0.15, -0.1) is 0 Å². The molecule has 0 amide bonds. The Morgan fingerprint density at radius 1 is 0.516 bits per heavy atom. The number of benzene rings is 4. The second-order valence-corrected chi connectivity index (χ2v) is 13.4. The molecule has 0 unspecified atom stereocenters.